The Morgan fingerprint density at radius 1 is 0.417 bits per heavy atom. The molecule has 0 saturated carbocycles. The van der Waals surface area contributed by atoms with Gasteiger partial charge in [-0.3, -0.25) is 0 Å². The van der Waals surface area contributed by atoms with Gasteiger partial charge >= 0.3 is 0 Å². The Hall–Kier alpha value is -2.58. The van der Waals surface area contributed by atoms with E-state index in [-0.39, 0.29) is 0 Å². The minimum atomic E-state index is 0.753. The van der Waals surface area contributed by atoms with E-state index in [4.69, 9.17) is 0 Å². The molecule has 0 amide bonds. The van der Waals surface area contributed by atoms with Crippen molar-refractivity contribution in [2.75, 3.05) is 0 Å². The first kappa shape index (κ1) is 17.8. The Bertz CT molecular complexity index is 869. The zero-order valence-electron chi connectivity index (χ0n) is 15.9. The molecule has 0 aliphatic rings. The van der Waals surface area contributed by atoms with Crippen LogP contribution >= 0.6 is 0 Å². The lowest BCUT2D eigenvalue weighted by molar-refractivity contribution is 1.17. The lowest BCUT2D eigenvalue weighted by atomic mass is 9.80. The summed E-state index contributed by atoms with van der Waals surface area (Å²) in [6.07, 6.45) is 0. The molecule has 24 heavy (non-hydrogen) atoms. The molecule has 0 spiro atoms. The van der Waals surface area contributed by atoms with E-state index in [1.54, 1.807) is 0 Å². The van der Waals surface area contributed by atoms with Gasteiger partial charge in [-0.2, -0.15) is 10.5 Å². The van der Waals surface area contributed by atoms with Crippen molar-refractivity contribution in [1.82, 2.24) is 0 Å². The zero-order chi connectivity index (χ0) is 18.3. The maximum Gasteiger partial charge on any atom is 0.0997 e. The Morgan fingerprint density at radius 3 is 0.958 bits per heavy atom. The fraction of sp³-hybridized carbons (Fsp3) is 0.364. The van der Waals surface area contributed by atoms with Crippen LogP contribution in [0, 0.1) is 78.1 Å². The van der Waals surface area contributed by atoms with E-state index in [1.165, 1.54) is 11.1 Å². The predicted molar refractivity (Wildman–Crippen MR) is 99.2 cm³/mol. The number of rotatable bonds is 1. The molecule has 0 unspecified atom stereocenters. The Morgan fingerprint density at radius 2 is 0.708 bits per heavy atom. The summed E-state index contributed by atoms with van der Waals surface area (Å²) in [5.41, 5.74) is 12.6. The highest BCUT2D eigenvalue weighted by Gasteiger charge is 2.22. The third kappa shape index (κ3) is 2.31. The molecule has 0 bridgehead atoms. The van der Waals surface area contributed by atoms with Crippen molar-refractivity contribution in [3.05, 3.63) is 55.6 Å². The predicted octanol–water partition coefficient (Wildman–Crippen LogP) is 5.56. The molecule has 0 radical (unpaired) electrons. The molecule has 0 aliphatic heterocycles. The van der Waals surface area contributed by atoms with E-state index in [0.29, 0.717) is 0 Å². The lowest BCUT2D eigenvalue weighted by Crippen LogP contribution is -2.06. The van der Waals surface area contributed by atoms with Crippen LogP contribution in [-0.4, -0.2) is 0 Å². The lowest BCUT2D eigenvalue weighted by Gasteiger charge is -2.23. The first-order chi connectivity index (χ1) is 11.2. The molecule has 0 atom stereocenters. The third-order valence-corrected chi connectivity index (χ3v) is 5.72. The average Bonchev–Trinajstić information content (AvgIpc) is 2.55. The second kappa shape index (κ2) is 6.14. The van der Waals surface area contributed by atoms with E-state index in [9.17, 15) is 10.5 Å². The van der Waals surface area contributed by atoms with Gasteiger partial charge in [0.15, 0.2) is 0 Å². The molecule has 0 N–H and O–H groups in total. The highest BCUT2D eigenvalue weighted by Crippen LogP contribution is 2.40. The maximum absolute atomic E-state index is 9.62. The first-order valence-corrected chi connectivity index (χ1v) is 8.20. The van der Waals surface area contributed by atoms with Gasteiger partial charge in [-0.1, -0.05) is 0 Å². The van der Waals surface area contributed by atoms with Gasteiger partial charge in [0.2, 0.25) is 0 Å². The van der Waals surface area contributed by atoms with Gasteiger partial charge in [-0.25, -0.2) is 0 Å². The van der Waals surface area contributed by atoms with E-state index < -0.39 is 0 Å². The fourth-order valence-corrected chi connectivity index (χ4v) is 3.77. The number of hydrogen-bond acceptors (Lipinski definition) is 2. The minimum Gasteiger partial charge on any atom is -0.192 e. The molecule has 2 nitrogen and oxygen atoms in total. The molecule has 0 fully saturated rings. The van der Waals surface area contributed by atoms with Crippen LogP contribution in [0.3, 0.4) is 0 Å². The quantitative estimate of drug-likeness (QED) is 0.691. The van der Waals surface area contributed by atoms with Crippen molar-refractivity contribution in [1.29, 1.82) is 10.5 Å². The molecule has 2 rings (SSSR count). The van der Waals surface area contributed by atoms with Crippen LogP contribution in [0.15, 0.2) is 0 Å². The maximum atomic E-state index is 9.62. The second-order valence-electron chi connectivity index (χ2n) is 6.72. The van der Waals surface area contributed by atoms with Gasteiger partial charge in [0.1, 0.15) is 0 Å². The van der Waals surface area contributed by atoms with Gasteiger partial charge in [-0.05, 0) is 111 Å². The summed E-state index contributed by atoms with van der Waals surface area (Å²) in [6.45, 7) is 16.5. The number of benzene rings is 2. The molecule has 0 aliphatic carbocycles. The molecule has 0 aromatic heterocycles. The smallest absolute Gasteiger partial charge is 0.0997 e. The summed E-state index contributed by atoms with van der Waals surface area (Å²) in [5, 5.41) is 19.2. The van der Waals surface area contributed by atoms with Crippen LogP contribution in [-0.2, 0) is 0 Å². The normalized spacial score (nSPS) is 10.4. The fourth-order valence-electron chi connectivity index (χ4n) is 3.77. The minimum absolute atomic E-state index is 0.753. The van der Waals surface area contributed by atoms with Crippen LogP contribution in [0.25, 0.3) is 11.1 Å². The monoisotopic (exact) mass is 316 g/mol. The molecule has 2 heteroatoms. The molecule has 2 aromatic carbocycles. The molecule has 0 saturated heterocycles. The molecule has 122 valence electrons. The van der Waals surface area contributed by atoms with Gasteiger partial charge in [0.05, 0.1) is 23.3 Å². The van der Waals surface area contributed by atoms with Crippen LogP contribution < -0.4 is 0 Å². The van der Waals surface area contributed by atoms with Crippen molar-refractivity contribution in [2.24, 2.45) is 0 Å². The summed E-state index contributed by atoms with van der Waals surface area (Å²) >= 11 is 0. The number of nitrogens with zero attached hydrogens (tertiary/aromatic N) is 2. The average molecular weight is 316 g/mol. The summed E-state index contributed by atoms with van der Waals surface area (Å²) in [4.78, 5) is 0. The van der Waals surface area contributed by atoms with E-state index in [2.05, 4.69) is 39.8 Å². The van der Waals surface area contributed by atoms with Crippen LogP contribution in [0.5, 0.6) is 0 Å². The highest BCUT2D eigenvalue weighted by atomic mass is 14.3. The number of nitriles is 2. The van der Waals surface area contributed by atoms with Gasteiger partial charge in [0.25, 0.3) is 0 Å². The van der Waals surface area contributed by atoms with Gasteiger partial charge < -0.3 is 0 Å². The molecule has 2 aromatic rings. The van der Waals surface area contributed by atoms with E-state index in [0.717, 1.165) is 55.6 Å². The van der Waals surface area contributed by atoms with Crippen molar-refractivity contribution in [2.45, 2.75) is 55.4 Å². The van der Waals surface area contributed by atoms with Crippen LogP contribution in [0.4, 0.5) is 0 Å². The SMILES string of the molecule is Cc1c(C)c(C#N)c(C)c(-c2c(C)c(C)c(C)c(C#N)c2C)c1C. The molecular formula is C22H24N2. The zero-order valence-corrected chi connectivity index (χ0v) is 15.9. The second-order valence-corrected chi connectivity index (χ2v) is 6.72. The highest BCUT2D eigenvalue weighted by molar-refractivity contribution is 5.83. The first-order valence-electron chi connectivity index (χ1n) is 8.20. The van der Waals surface area contributed by atoms with Crippen molar-refractivity contribution in [3.8, 4) is 23.3 Å². The summed E-state index contributed by atoms with van der Waals surface area (Å²) in [6, 6.07) is 4.74. The van der Waals surface area contributed by atoms with Gasteiger partial charge in [0, 0.05) is 0 Å². The summed E-state index contributed by atoms with van der Waals surface area (Å²) in [7, 11) is 0. The van der Waals surface area contributed by atoms with Crippen LogP contribution in [0.1, 0.15) is 55.6 Å². The molecule has 0 heterocycles. The van der Waals surface area contributed by atoms with Crippen molar-refractivity contribution >= 4 is 0 Å². The number of hydrogen-bond donors (Lipinski definition) is 0. The van der Waals surface area contributed by atoms with Crippen molar-refractivity contribution < 1.29 is 0 Å². The molecular weight excluding hydrogens is 292 g/mol. The summed E-state index contributed by atoms with van der Waals surface area (Å²) in [5.74, 6) is 0. The Labute approximate surface area is 145 Å². The Balaban J connectivity index is 3.11. The van der Waals surface area contributed by atoms with E-state index >= 15 is 0 Å². The topological polar surface area (TPSA) is 47.6 Å². The van der Waals surface area contributed by atoms with Crippen LogP contribution in [0.2, 0.25) is 0 Å². The standard InChI is InChI=1S/C22H24N2/c1-11-13(3)19(9-23)17(7)21(15(11)5)22-16(6)12(2)14(4)20(10-24)18(22)8/h1-8H3. The Kier molecular flexibility index (Phi) is 4.54. The third-order valence-electron chi connectivity index (χ3n) is 5.72. The van der Waals surface area contributed by atoms with Gasteiger partial charge in [-0.15, -0.1) is 0 Å². The van der Waals surface area contributed by atoms with Crippen molar-refractivity contribution in [3.63, 3.8) is 0 Å². The largest absolute Gasteiger partial charge is 0.192 e. The summed E-state index contributed by atoms with van der Waals surface area (Å²) < 4.78 is 0. The van der Waals surface area contributed by atoms with E-state index in [1.807, 2.05) is 27.7 Å².